The van der Waals surface area contributed by atoms with E-state index in [9.17, 15) is 4.79 Å². The summed E-state index contributed by atoms with van der Waals surface area (Å²) < 4.78 is 0. The van der Waals surface area contributed by atoms with Gasteiger partial charge < -0.3 is 5.11 Å². The van der Waals surface area contributed by atoms with E-state index in [0.29, 0.717) is 16.9 Å². The molecular weight excluding hydrogens is 198 g/mol. The molecule has 1 aromatic carbocycles. The van der Waals surface area contributed by atoms with E-state index in [2.05, 4.69) is 12.6 Å². The van der Waals surface area contributed by atoms with Crippen LogP contribution in [-0.2, 0) is 11.2 Å². The molecule has 0 radical (unpaired) electrons. The summed E-state index contributed by atoms with van der Waals surface area (Å²) in [6, 6.07) is 7.04. The number of carbonyl (C=O) groups is 1. The van der Waals surface area contributed by atoms with Crippen molar-refractivity contribution in [1.29, 1.82) is 5.26 Å². The topological polar surface area (TPSA) is 61.1 Å². The van der Waals surface area contributed by atoms with E-state index in [1.807, 2.05) is 6.07 Å². The molecule has 0 aliphatic carbocycles. The second-order valence-corrected chi connectivity index (χ2v) is 3.33. The zero-order valence-corrected chi connectivity index (χ0v) is 8.29. The first-order chi connectivity index (χ1) is 6.63. The molecule has 0 bridgehead atoms. The van der Waals surface area contributed by atoms with Gasteiger partial charge >= 0.3 is 5.97 Å². The lowest BCUT2D eigenvalue weighted by Crippen LogP contribution is -1.98. The van der Waals surface area contributed by atoms with Crippen molar-refractivity contribution in [1.82, 2.24) is 0 Å². The number of aryl methyl sites for hydroxylation is 1. The van der Waals surface area contributed by atoms with Crippen LogP contribution in [0.1, 0.15) is 17.5 Å². The highest BCUT2D eigenvalue weighted by Crippen LogP contribution is 2.17. The molecule has 0 saturated heterocycles. The number of hydrogen-bond acceptors (Lipinski definition) is 3. The third-order valence-corrected chi connectivity index (χ3v) is 2.24. The minimum atomic E-state index is -0.831. The van der Waals surface area contributed by atoms with Gasteiger partial charge in [-0.15, -0.1) is 12.6 Å². The van der Waals surface area contributed by atoms with Crippen LogP contribution >= 0.6 is 12.6 Å². The fourth-order valence-electron chi connectivity index (χ4n) is 1.09. The van der Waals surface area contributed by atoms with E-state index in [1.54, 1.807) is 18.2 Å². The Balaban J connectivity index is 2.80. The Hall–Kier alpha value is -1.47. The van der Waals surface area contributed by atoms with Crippen molar-refractivity contribution in [2.45, 2.75) is 17.7 Å². The van der Waals surface area contributed by atoms with Gasteiger partial charge in [-0.05, 0) is 24.1 Å². The van der Waals surface area contributed by atoms with Crippen LogP contribution in [0.15, 0.2) is 23.1 Å². The van der Waals surface area contributed by atoms with E-state index < -0.39 is 5.97 Å². The second kappa shape index (κ2) is 4.68. The van der Waals surface area contributed by atoms with E-state index in [0.717, 1.165) is 5.56 Å². The maximum Gasteiger partial charge on any atom is 0.303 e. The maximum atomic E-state index is 10.3. The standard InChI is InChI=1S/C10H9NO2S/c11-6-7-1-2-8(9(14)5-7)3-4-10(12)13/h1-2,5,14H,3-4H2,(H,12,13). The second-order valence-electron chi connectivity index (χ2n) is 2.85. The van der Waals surface area contributed by atoms with E-state index in [4.69, 9.17) is 10.4 Å². The van der Waals surface area contributed by atoms with Gasteiger partial charge in [-0.3, -0.25) is 4.79 Å². The summed E-state index contributed by atoms with van der Waals surface area (Å²) in [5.41, 5.74) is 1.39. The summed E-state index contributed by atoms with van der Waals surface area (Å²) in [5.74, 6) is -0.831. The molecule has 72 valence electrons. The molecule has 1 rings (SSSR count). The molecule has 4 heteroatoms. The summed E-state index contributed by atoms with van der Waals surface area (Å²) in [4.78, 5) is 11.0. The fraction of sp³-hybridized carbons (Fsp3) is 0.200. The number of nitrogens with zero attached hydrogens (tertiary/aromatic N) is 1. The van der Waals surface area contributed by atoms with Crippen molar-refractivity contribution in [3.05, 3.63) is 29.3 Å². The van der Waals surface area contributed by atoms with Gasteiger partial charge in [-0.2, -0.15) is 5.26 Å². The largest absolute Gasteiger partial charge is 0.481 e. The Morgan fingerprint density at radius 1 is 1.57 bits per heavy atom. The van der Waals surface area contributed by atoms with Gasteiger partial charge in [0.2, 0.25) is 0 Å². The maximum absolute atomic E-state index is 10.3. The molecule has 0 aliphatic rings. The molecule has 0 fully saturated rings. The van der Waals surface area contributed by atoms with Crippen molar-refractivity contribution in [2.24, 2.45) is 0 Å². The SMILES string of the molecule is N#Cc1ccc(CCC(=O)O)c(S)c1. The highest BCUT2D eigenvalue weighted by atomic mass is 32.1. The molecule has 0 spiro atoms. The van der Waals surface area contributed by atoms with Gasteiger partial charge in [-0.25, -0.2) is 0 Å². The molecule has 1 N–H and O–H groups in total. The Kier molecular flexibility index (Phi) is 3.55. The monoisotopic (exact) mass is 207 g/mol. The molecule has 0 aromatic heterocycles. The number of benzene rings is 1. The van der Waals surface area contributed by atoms with E-state index in [1.165, 1.54) is 0 Å². The number of hydrogen-bond donors (Lipinski definition) is 2. The van der Waals surface area contributed by atoms with Crippen LogP contribution in [0.5, 0.6) is 0 Å². The number of carboxylic acids is 1. The molecule has 0 saturated carbocycles. The van der Waals surface area contributed by atoms with Gasteiger partial charge in [0.1, 0.15) is 0 Å². The van der Waals surface area contributed by atoms with Gasteiger partial charge in [-0.1, -0.05) is 6.07 Å². The first-order valence-electron chi connectivity index (χ1n) is 4.07. The first kappa shape index (κ1) is 10.6. The van der Waals surface area contributed by atoms with Crippen molar-refractivity contribution >= 4 is 18.6 Å². The molecule has 3 nitrogen and oxygen atoms in total. The highest BCUT2D eigenvalue weighted by molar-refractivity contribution is 7.80. The lowest BCUT2D eigenvalue weighted by atomic mass is 10.1. The Bertz CT molecular complexity index is 396. The molecule has 1 aromatic rings. The van der Waals surface area contributed by atoms with Crippen LogP contribution in [0.4, 0.5) is 0 Å². The fourth-order valence-corrected chi connectivity index (χ4v) is 1.41. The van der Waals surface area contributed by atoms with E-state index in [-0.39, 0.29) is 6.42 Å². The molecule has 14 heavy (non-hydrogen) atoms. The summed E-state index contributed by atoms with van der Waals surface area (Å²) >= 11 is 4.18. The predicted octanol–water partition coefficient (Wildman–Crippen LogP) is 1.86. The zero-order chi connectivity index (χ0) is 10.6. The molecule has 0 atom stereocenters. The van der Waals surface area contributed by atoms with Gasteiger partial charge in [0, 0.05) is 11.3 Å². The molecular formula is C10H9NO2S. The third-order valence-electron chi connectivity index (χ3n) is 1.82. The normalized spacial score (nSPS) is 9.43. The van der Waals surface area contributed by atoms with Crippen LogP contribution in [0.2, 0.25) is 0 Å². The number of aliphatic carboxylic acids is 1. The molecule has 0 unspecified atom stereocenters. The lowest BCUT2D eigenvalue weighted by molar-refractivity contribution is -0.136. The van der Waals surface area contributed by atoms with Crippen LogP contribution in [0, 0.1) is 11.3 Å². The Morgan fingerprint density at radius 3 is 2.79 bits per heavy atom. The van der Waals surface area contributed by atoms with Crippen LogP contribution in [-0.4, -0.2) is 11.1 Å². The summed E-state index contributed by atoms with van der Waals surface area (Å²) in [7, 11) is 0. The quantitative estimate of drug-likeness (QED) is 0.744. The predicted molar refractivity (Wildman–Crippen MR) is 54.4 cm³/mol. The average Bonchev–Trinajstić information content (AvgIpc) is 2.15. The summed E-state index contributed by atoms with van der Waals surface area (Å²) in [5, 5.41) is 17.1. The third kappa shape index (κ3) is 2.79. The number of carboxylic acid groups (broad SMARTS) is 1. The van der Waals surface area contributed by atoms with Crippen LogP contribution in [0.3, 0.4) is 0 Å². The number of nitriles is 1. The van der Waals surface area contributed by atoms with Gasteiger partial charge in [0.05, 0.1) is 11.6 Å². The van der Waals surface area contributed by atoms with E-state index >= 15 is 0 Å². The van der Waals surface area contributed by atoms with Crippen molar-refractivity contribution in [2.75, 3.05) is 0 Å². The lowest BCUT2D eigenvalue weighted by Gasteiger charge is -2.02. The number of thiol groups is 1. The van der Waals surface area contributed by atoms with Crippen LogP contribution < -0.4 is 0 Å². The summed E-state index contributed by atoms with van der Waals surface area (Å²) in [6.07, 6.45) is 0.527. The highest BCUT2D eigenvalue weighted by Gasteiger charge is 2.03. The minimum Gasteiger partial charge on any atom is -0.481 e. The zero-order valence-electron chi connectivity index (χ0n) is 7.40. The molecule has 0 heterocycles. The number of rotatable bonds is 3. The Morgan fingerprint density at radius 2 is 2.29 bits per heavy atom. The van der Waals surface area contributed by atoms with Crippen molar-refractivity contribution in [3.8, 4) is 6.07 Å². The van der Waals surface area contributed by atoms with Gasteiger partial charge in [0.15, 0.2) is 0 Å². The average molecular weight is 207 g/mol. The molecule has 0 amide bonds. The van der Waals surface area contributed by atoms with Crippen molar-refractivity contribution < 1.29 is 9.90 Å². The first-order valence-corrected chi connectivity index (χ1v) is 4.52. The van der Waals surface area contributed by atoms with Crippen molar-refractivity contribution in [3.63, 3.8) is 0 Å². The van der Waals surface area contributed by atoms with Gasteiger partial charge in [0.25, 0.3) is 0 Å². The van der Waals surface area contributed by atoms with Crippen LogP contribution in [0.25, 0.3) is 0 Å². The molecule has 0 aliphatic heterocycles. The smallest absolute Gasteiger partial charge is 0.303 e. The minimum absolute atomic E-state index is 0.0828. The summed E-state index contributed by atoms with van der Waals surface area (Å²) in [6.45, 7) is 0. The Labute approximate surface area is 87.4 Å².